The summed E-state index contributed by atoms with van der Waals surface area (Å²) in [6.07, 6.45) is 2.34. The van der Waals surface area contributed by atoms with Crippen molar-refractivity contribution in [2.24, 2.45) is 5.92 Å². The third kappa shape index (κ3) is 4.43. The standard InChI is InChI=1S/C16H26N4O2S/c1-12-11-23-15(18-12)14-10-20(6-7-22-14)16(21)17-8-13-4-3-5-19(2)9-13/h11,13-14H,3-10H2,1-2H3,(H,17,21)/t13-,14+/m1/s1. The number of amides is 2. The lowest BCUT2D eigenvalue weighted by Gasteiger charge is -2.33. The third-order valence-electron chi connectivity index (χ3n) is 4.53. The average molecular weight is 338 g/mol. The number of morpholine rings is 1. The Kier molecular flexibility index (Phi) is 5.50. The molecule has 128 valence electrons. The SMILES string of the molecule is Cc1csc([C@@H]2CN(C(=O)NC[C@H]3CCCN(C)C3)CCO2)n1. The first-order chi connectivity index (χ1) is 11.1. The molecular weight excluding hydrogens is 312 g/mol. The molecule has 3 rings (SSSR count). The molecule has 2 atom stereocenters. The van der Waals surface area contributed by atoms with Crippen molar-refractivity contribution in [1.82, 2.24) is 20.1 Å². The van der Waals surface area contributed by atoms with Crippen LogP contribution in [0.25, 0.3) is 0 Å². The maximum absolute atomic E-state index is 12.4. The van der Waals surface area contributed by atoms with Gasteiger partial charge in [-0.1, -0.05) is 0 Å². The summed E-state index contributed by atoms with van der Waals surface area (Å²) in [5, 5.41) is 6.10. The summed E-state index contributed by atoms with van der Waals surface area (Å²) in [6, 6.07) is 0.0276. The second kappa shape index (κ2) is 7.59. The smallest absolute Gasteiger partial charge is 0.317 e. The largest absolute Gasteiger partial charge is 0.367 e. The monoisotopic (exact) mass is 338 g/mol. The molecule has 2 aliphatic rings. The molecule has 0 unspecified atom stereocenters. The molecule has 23 heavy (non-hydrogen) atoms. The topological polar surface area (TPSA) is 57.7 Å². The Balaban J connectivity index is 1.49. The first kappa shape index (κ1) is 16.7. The van der Waals surface area contributed by atoms with Gasteiger partial charge in [0.1, 0.15) is 11.1 Å². The highest BCUT2D eigenvalue weighted by Gasteiger charge is 2.27. The number of carbonyl (C=O) groups excluding carboxylic acids is 1. The number of nitrogens with one attached hydrogen (secondary N) is 1. The number of hydrogen-bond donors (Lipinski definition) is 1. The lowest BCUT2D eigenvalue weighted by Crippen LogP contribution is -2.49. The molecule has 2 fully saturated rings. The highest BCUT2D eigenvalue weighted by molar-refractivity contribution is 7.09. The lowest BCUT2D eigenvalue weighted by molar-refractivity contribution is -0.0157. The predicted molar refractivity (Wildman–Crippen MR) is 90.7 cm³/mol. The van der Waals surface area contributed by atoms with E-state index in [-0.39, 0.29) is 12.1 Å². The number of piperidine rings is 1. The summed E-state index contributed by atoms with van der Waals surface area (Å²) in [7, 11) is 2.15. The van der Waals surface area contributed by atoms with E-state index in [9.17, 15) is 4.79 Å². The van der Waals surface area contributed by atoms with Gasteiger partial charge in [-0.25, -0.2) is 9.78 Å². The predicted octanol–water partition coefficient (Wildman–Crippen LogP) is 1.88. The van der Waals surface area contributed by atoms with E-state index in [2.05, 4.69) is 22.2 Å². The molecule has 2 saturated heterocycles. The van der Waals surface area contributed by atoms with E-state index >= 15 is 0 Å². The Morgan fingerprint density at radius 1 is 1.48 bits per heavy atom. The minimum atomic E-state index is -0.0889. The summed E-state index contributed by atoms with van der Waals surface area (Å²) < 4.78 is 5.79. The molecule has 2 aliphatic heterocycles. The zero-order valence-corrected chi connectivity index (χ0v) is 14.8. The van der Waals surface area contributed by atoms with Crippen molar-refractivity contribution in [2.45, 2.75) is 25.9 Å². The molecule has 1 aromatic rings. The number of thiazole rings is 1. The average Bonchev–Trinajstić information content (AvgIpc) is 2.99. The van der Waals surface area contributed by atoms with E-state index in [0.717, 1.165) is 23.8 Å². The maximum atomic E-state index is 12.4. The first-order valence-corrected chi connectivity index (χ1v) is 9.24. The number of likely N-dealkylation sites (tertiary alicyclic amines) is 1. The number of aryl methyl sites for hydroxylation is 1. The van der Waals surface area contributed by atoms with Crippen molar-refractivity contribution >= 4 is 17.4 Å². The molecular formula is C16H26N4O2S. The minimum absolute atomic E-state index is 0.0276. The fraction of sp³-hybridized carbons (Fsp3) is 0.750. The van der Waals surface area contributed by atoms with Crippen LogP contribution >= 0.6 is 11.3 Å². The fourth-order valence-electron chi connectivity index (χ4n) is 3.29. The normalized spacial score (nSPS) is 26.3. The van der Waals surface area contributed by atoms with Gasteiger partial charge in [0.25, 0.3) is 0 Å². The minimum Gasteiger partial charge on any atom is -0.367 e. The fourth-order valence-corrected chi connectivity index (χ4v) is 4.12. The van der Waals surface area contributed by atoms with Crippen LogP contribution in [-0.2, 0) is 4.74 Å². The van der Waals surface area contributed by atoms with Gasteiger partial charge >= 0.3 is 6.03 Å². The number of hydrogen-bond acceptors (Lipinski definition) is 5. The van der Waals surface area contributed by atoms with Gasteiger partial charge in [-0.2, -0.15) is 0 Å². The van der Waals surface area contributed by atoms with Crippen LogP contribution in [0, 0.1) is 12.8 Å². The van der Waals surface area contributed by atoms with E-state index in [1.807, 2.05) is 17.2 Å². The Bertz CT molecular complexity index is 536. The van der Waals surface area contributed by atoms with E-state index in [1.165, 1.54) is 19.4 Å². The van der Waals surface area contributed by atoms with Crippen LogP contribution < -0.4 is 5.32 Å². The van der Waals surface area contributed by atoms with Crippen molar-refractivity contribution in [3.8, 4) is 0 Å². The van der Waals surface area contributed by atoms with Gasteiger partial charge in [-0.05, 0) is 39.3 Å². The summed E-state index contributed by atoms with van der Waals surface area (Å²) >= 11 is 1.61. The van der Waals surface area contributed by atoms with Gasteiger partial charge in [0.2, 0.25) is 0 Å². The van der Waals surface area contributed by atoms with Crippen LogP contribution in [0.3, 0.4) is 0 Å². The molecule has 3 heterocycles. The second-order valence-corrected chi connectivity index (χ2v) is 7.48. The Labute approximate surface area is 141 Å². The lowest BCUT2D eigenvalue weighted by atomic mass is 9.99. The number of ether oxygens (including phenoxy) is 1. The van der Waals surface area contributed by atoms with Crippen LogP contribution in [0.15, 0.2) is 5.38 Å². The maximum Gasteiger partial charge on any atom is 0.317 e. The van der Waals surface area contributed by atoms with E-state index < -0.39 is 0 Å². The van der Waals surface area contributed by atoms with Crippen LogP contribution in [0.1, 0.15) is 29.6 Å². The molecule has 1 N–H and O–H groups in total. The molecule has 2 amide bonds. The van der Waals surface area contributed by atoms with Crippen LogP contribution in [0.5, 0.6) is 0 Å². The van der Waals surface area contributed by atoms with Crippen molar-refractivity contribution in [1.29, 1.82) is 0 Å². The molecule has 0 bridgehead atoms. The van der Waals surface area contributed by atoms with E-state index in [0.29, 0.717) is 25.6 Å². The molecule has 1 aromatic heterocycles. The highest BCUT2D eigenvalue weighted by Crippen LogP contribution is 2.25. The summed E-state index contributed by atoms with van der Waals surface area (Å²) in [5.41, 5.74) is 1.01. The van der Waals surface area contributed by atoms with Gasteiger partial charge in [-0.3, -0.25) is 0 Å². The highest BCUT2D eigenvalue weighted by atomic mass is 32.1. The number of nitrogens with zero attached hydrogens (tertiary/aromatic N) is 3. The van der Waals surface area contributed by atoms with Crippen molar-refractivity contribution in [3.05, 3.63) is 16.1 Å². The molecule has 6 nitrogen and oxygen atoms in total. The second-order valence-electron chi connectivity index (χ2n) is 6.59. The zero-order chi connectivity index (χ0) is 16.2. The number of urea groups is 1. The van der Waals surface area contributed by atoms with Gasteiger partial charge in [-0.15, -0.1) is 11.3 Å². The van der Waals surface area contributed by atoms with Gasteiger partial charge in [0.15, 0.2) is 0 Å². The number of aromatic nitrogens is 1. The Hall–Kier alpha value is -1.18. The van der Waals surface area contributed by atoms with Crippen molar-refractivity contribution < 1.29 is 9.53 Å². The van der Waals surface area contributed by atoms with E-state index in [4.69, 9.17) is 4.74 Å². The number of carbonyl (C=O) groups is 1. The summed E-state index contributed by atoms with van der Waals surface area (Å²) in [6.45, 7) is 6.80. The van der Waals surface area contributed by atoms with Gasteiger partial charge < -0.3 is 19.9 Å². The first-order valence-electron chi connectivity index (χ1n) is 8.37. The summed E-state index contributed by atoms with van der Waals surface area (Å²) in [5.74, 6) is 0.566. The van der Waals surface area contributed by atoms with Crippen molar-refractivity contribution in [3.63, 3.8) is 0 Å². The van der Waals surface area contributed by atoms with Crippen molar-refractivity contribution in [2.75, 3.05) is 46.4 Å². The van der Waals surface area contributed by atoms with Crippen LogP contribution in [0.2, 0.25) is 0 Å². The third-order valence-corrected chi connectivity index (χ3v) is 5.58. The molecule has 0 radical (unpaired) electrons. The Morgan fingerprint density at radius 3 is 3.09 bits per heavy atom. The number of rotatable bonds is 3. The summed E-state index contributed by atoms with van der Waals surface area (Å²) in [4.78, 5) is 21.1. The molecule has 0 aliphatic carbocycles. The molecule has 0 spiro atoms. The van der Waals surface area contributed by atoms with Crippen LogP contribution in [-0.4, -0.2) is 67.2 Å². The van der Waals surface area contributed by atoms with Gasteiger partial charge in [0, 0.05) is 30.7 Å². The Morgan fingerprint density at radius 2 is 2.35 bits per heavy atom. The van der Waals surface area contributed by atoms with Crippen LogP contribution in [0.4, 0.5) is 4.79 Å². The molecule has 7 heteroatoms. The van der Waals surface area contributed by atoms with Gasteiger partial charge in [0.05, 0.1) is 13.2 Å². The molecule has 0 aromatic carbocycles. The zero-order valence-electron chi connectivity index (χ0n) is 14.0. The molecule has 0 saturated carbocycles. The quantitative estimate of drug-likeness (QED) is 0.914. The van der Waals surface area contributed by atoms with E-state index in [1.54, 1.807) is 11.3 Å².